The van der Waals surface area contributed by atoms with E-state index in [9.17, 15) is 9.59 Å². The molecule has 7 heteroatoms. The van der Waals surface area contributed by atoms with Crippen molar-refractivity contribution < 1.29 is 9.59 Å². The first-order chi connectivity index (χ1) is 12.5. The number of para-hydroxylation sites is 2. The number of aromatic nitrogens is 2. The van der Waals surface area contributed by atoms with Crippen LogP contribution in [0.3, 0.4) is 0 Å². The average Bonchev–Trinajstić information content (AvgIpc) is 3.20. The van der Waals surface area contributed by atoms with Gasteiger partial charge in [-0.05, 0) is 38.8 Å². The van der Waals surface area contributed by atoms with Crippen molar-refractivity contribution in [2.24, 2.45) is 0 Å². The van der Waals surface area contributed by atoms with Crippen LogP contribution in [0.2, 0.25) is 0 Å². The van der Waals surface area contributed by atoms with Gasteiger partial charge in [0, 0.05) is 12.1 Å². The van der Waals surface area contributed by atoms with Gasteiger partial charge in [0.15, 0.2) is 5.16 Å². The molecule has 2 amide bonds. The first kappa shape index (κ1) is 18.8. The molecule has 1 saturated carbocycles. The van der Waals surface area contributed by atoms with Crippen LogP contribution in [0.15, 0.2) is 29.4 Å². The van der Waals surface area contributed by atoms with E-state index < -0.39 is 0 Å². The van der Waals surface area contributed by atoms with E-state index in [2.05, 4.69) is 15.6 Å². The van der Waals surface area contributed by atoms with Gasteiger partial charge in [-0.25, -0.2) is 4.98 Å². The molecule has 0 saturated heterocycles. The van der Waals surface area contributed by atoms with Crippen LogP contribution in [0, 0.1) is 0 Å². The van der Waals surface area contributed by atoms with Gasteiger partial charge in [-0.1, -0.05) is 36.7 Å². The number of hydrogen-bond acceptors (Lipinski definition) is 4. The van der Waals surface area contributed by atoms with Gasteiger partial charge in [0.05, 0.1) is 16.8 Å². The maximum absolute atomic E-state index is 12.2. The summed E-state index contributed by atoms with van der Waals surface area (Å²) in [7, 11) is 0. The van der Waals surface area contributed by atoms with E-state index >= 15 is 0 Å². The van der Waals surface area contributed by atoms with Crippen LogP contribution in [0.5, 0.6) is 0 Å². The fraction of sp³-hybridized carbons (Fsp3) is 0.526. The van der Waals surface area contributed by atoms with Crippen LogP contribution in [-0.4, -0.2) is 39.2 Å². The molecule has 1 aliphatic carbocycles. The van der Waals surface area contributed by atoms with Crippen molar-refractivity contribution in [1.29, 1.82) is 0 Å². The normalized spacial score (nSPS) is 14.9. The van der Waals surface area contributed by atoms with Crippen LogP contribution in [0.1, 0.15) is 39.5 Å². The van der Waals surface area contributed by atoms with Crippen LogP contribution in [-0.2, 0) is 16.1 Å². The maximum Gasteiger partial charge on any atom is 0.240 e. The van der Waals surface area contributed by atoms with Gasteiger partial charge in [0.1, 0.15) is 6.54 Å². The second-order valence-electron chi connectivity index (χ2n) is 7.03. The second kappa shape index (κ2) is 8.58. The molecule has 0 aliphatic heterocycles. The molecule has 1 heterocycles. The minimum atomic E-state index is -0.0552. The van der Waals surface area contributed by atoms with Gasteiger partial charge < -0.3 is 15.2 Å². The molecule has 1 aromatic heterocycles. The zero-order chi connectivity index (χ0) is 18.5. The maximum atomic E-state index is 12.2. The lowest BCUT2D eigenvalue weighted by Gasteiger charge is -2.13. The highest BCUT2D eigenvalue weighted by Crippen LogP contribution is 2.24. The molecule has 6 nitrogen and oxygen atoms in total. The molecule has 1 aromatic carbocycles. The number of carbonyl (C=O) groups excluding carboxylic acids is 2. The minimum Gasteiger partial charge on any atom is -0.353 e. The molecule has 0 unspecified atom stereocenters. The number of amides is 2. The van der Waals surface area contributed by atoms with Crippen molar-refractivity contribution >= 4 is 34.6 Å². The first-order valence-corrected chi connectivity index (χ1v) is 10.2. The van der Waals surface area contributed by atoms with Crippen molar-refractivity contribution in [2.75, 3.05) is 5.75 Å². The Morgan fingerprint density at radius 3 is 2.69 bits per heavy atom. The summed E-state index contributed by atoms with van der Waals surface area (Å²) in [5.41, 5.74) is 1.74. The number of carbonyl (C=O) groups is 2. The minimum absolute atomic E-state index is 0.0344. The zero-order valence-corrected chi connectivity index (χ0v) is 16.1. The van der Waals surface area contributed by atoms with E-state index in [1.54, 1.807) is 0 Å². The van der Waals surface area contributed by atoms with Crippen LogP contribution in [0.4, 0.5) is 0 Å². The summed E-state index contributed by atoms with van der Waals surface area (Å²) in [5, 5.41) is 6.70. The third-order valence-electron chi connectivity index (χ3n) is 4.42. The molecule has 26 heavy (non-hydrogen) atoms. The standard InChI is InChI=1S/C19H26N4O2S/c1-13(2)20-17(24)11-23-16-10-6-5-9-15(16)22-19(23)26-12-18(25)21-14-7-3-4-8-14/h5-6,9-10,13-14H,3-4,7-8,11-12H2,1-2H3,(H,20,24)(H,21,25). The number of nitrogens with one attached hydrogen (secondary N) is 2. The highest BCUT2D eigenvalue weighted by atomic mass is 32.2. The Morgan fingerprint density at radius 2 is 1.96 bits per heavy atom. The topological polar surface area (TPSA) is 76.0 Å². The molecule has 1 aliphatic rings. The number of fused-ring (bicyclic) bond motifs is 1. The predicted octanol–water partition coefficient (Wildman–Crippen LogP) is 2.71. The SMILES string of the molecule is CC(C)NC(=O)Cn1c(SCC(=O)NC2CCCC2)nc2ccccc21. The quantitative estimate of drug-likeness (QED) is 0.731. The molecule has 1 fully saturated rings. The summed E-state index contributed by atoms with van der Waals surface area (Å²) < 4.78 is 1.89. The van der Waals surface area contributed by atoms with Crippen molar-refractivity contribution in [1.82, 2.24) is 20.2 Å². The number of nitrogens with zero attached hydrogens (tertiary/aromatic N) is 2. The Bertz CT molecular complexity index is 781. The number of rotatable bonds is 7. The van der Waals surface area contributed by atoms with Crippen molar-refractivity contribution in [3.8, 4) is 0 Å². The van der Waals surface area contributed by atoms with Gasteiger partial charge in [-0.3, -0.25) is 9.59 Å². The van der Waals surface area contributed by atoms with Gasteiger partial charge in [-0.2, -0.15) is 0 Å². The number of imidazole rings is 1. The van der Waals surface area contributed by atoms with E-state index in [1.165, 1.54) is 24.6 Å². The fourth-order valence-corrected chi connectivity index (χ4v) is 4.12. The smallest absolute Gasteiger partial charge is 0.240 e. The third kappa shape index (κ3) is 4.78. The van der Waals surface area contributed by atoms with Crippen molar-refractivity contribution in [3.63, 3.8) is 0 Å². The van der Waals surface area contributed by atoms with Crippen molar-refractivity contribution in [2.45, 2.75) is 63.3 Å². The number of benzene rings is 1. The van der Waals surface area contributed by atoms with E-state index in [-0.39, 0.29) is 24.4 Å². The summed E-state index contributed by atoms with van der Waals surface area (Å²) >= 11 is 1.38. The second-order valence-corrected chi connectivity index (χ2v) is 7.97. The highest BCUT2D eigenvalue weighted by molar-refractivity contribution is 7.99. The molecule has 0 spiro atoms. The molecular formula is C19H26N4O2S. The Morgan fingerprint density at radius 1 is 1.23 bits per heavy atom. The van der Waals surface area contributed by atoms with Crippen LogP contribution in [0.25, 0.3) is 11.0 Å². The molecule has 0 atom stereocenters. The lowest BCUT2D eigenvalue weighted by Crippen LogP contribution is -2.34. The molecule has 2 aromatic rings. The van der Waals surface area contributed by atoms with Crippen molar-refractivity contribution in [3.05, 3.63) is 24.3 Å². The van der Waals surface area contributed by atoms with Gasteiger partial charge in [0.2, 0.25) is 11.8 Å². The number of hydrogen-bond donors (Lipinski definition) is 2. The summed E-state index contributed by atoms with van der Waals surface area (Å²) in [5.74, 6) is 0.290. The summed E-state index contributed by atoms with van der Waals surface area (Å²) in [6, 6.07) is 8.14. The Kier molecular flexibility index (Phi) is 6.19. The molecule has 0 bridgehead atoms. The Hall–Kier alpha value is -2.02. The third-order valence-corrected chi connectivity index (χ3v) is 5.40. The largest absolute Gasteiger partial charge is 0.353 e. The monoisotopic (exact) mass is 374 g/mol. The van der Waals surface area contributed by atoms with Crippen LogP contribution >= 0.6 is 11.8 Å². The van der Waals surface area contributed by atoms with E-state index in [0.717, 1.165) is 23.9 Å². The molecule has 140 valence electrons. The molecule has 2 N–H and O–H groups in total. The lowest BCUT2D eigenvalue weighted by molar-refractivity contribution is -0.122. The summed E-state index contributed by atoms with van der Waals surface area (Å²) in [6.07, 6.45) is 4.53. The highest BCUT2D eigenvalue weighted by Gasteiger charge is 2.19. The zero-order valence-electron chi connectivity index (χ0n) is 15.3. The Balaban J connectivity index is 1.70. The molecule has 0 radical (unpaired) electrons. The van der Waals surface area contributed by atoms with Crippen LogP contribution < -0.4 is 10.6 Å². The van der Waals surface area contributed by atoms with E-state index in [4.69, 9.17) is 0 Å². The first-order valence-electron chi connectivity index (χ1n) is 9.19. The lowest BCUT2D eigenvalue weighted by atomic mass is 10.2. The van der Waals surface area contributed by atoms with Gasteiger partial charge in [-0.15, -0.1) is 0 Å². The van der Waals surface area contributed by atoms with E-state index in [0.29, 0.717) is 17.0 Å². The van der Waals surface area contributed by atoms with Gasteiger partial charge >= 0.3 is 0 Å². The Labute approximate surface area is 158 Å². The van der Waals surface area contributed by atoms with E-state index in [1.807, 2.05) is 42.7 Å². The molecule has 3 rings (SSSR count). The molecular weight excluding hydrogens is 348 g/mol. The fourth-order valence-electron chi connectivity index (χ4n) is 3.30. The van der Waals surface area contributed by atoms with Gasteiger partial charge in [0.25, 0.3) is 0 Å². The summed E-state index contributed by atoms with van der Waals surface area (Å²) in [6.45, 7) is 4.07. The summed E-state index contributed by atoms with van der Waals surface area (Å²) in [4.78, 5) is 29.1. The number of thioether (sulfide) groups is 1. The average molecular weight is 375 g/mol. The predicted molar refractivity (Wildman–Crippen MR) is 104 cm³/mol.